The molecule has 0 radical (unpaired) electrons. The van der Waals surface area contributed by atoms with Gasteiger partial charge in [0.1, 0.15) is 17.3 Å². The molecule has 0 aliphatic rings. The molecule has 122 valence electrons. The van der Waals surface area contributed by atoms with Crippen LogP contribution in [0.5, 0.6) is 11.5 Å². The van der Waals surface area contributed by atoms with Crippen molar-refractivity contribution >= 4 is 5.97 Å². The van der Waals surface area contributed by atoms with Crippen molar-refractivity contribution in [1.82, 2.24) is 0 Å². The van der Waals surface area contributed by atoms with Gasteiger partial charge in [0.25, 0.3) is 0 Å². The molecule has 0 spiro atoms. The minimum absolute atomic E-state index is 0.224. The van der Waals surface area contributed by atoms with Crippen molar-refractivity contribution < 1.29 is 23.8 Å². The lowest BCUT2D eigenvalue weighted by molar-refractivity contribution is -0.139. The molecular weight excluding hydrogens is 299 g/mol. The Hall–Kier alpha value is -2.56. The molecule has 2 rings (SSSR count). The normalized spacial score (nSPS) is 11.7. The monoisotopic (exact) mass is 318 g/mol. The van der Waals surface area contributed by atoms with Gasteiger partial charge in [0.15, 0.2) is 0 Å². The standard InChI is InChI=1S/C18H19FO4/c1-2-22-15-6-8-16(9-7-15)23-11-10-17(18(20)21)13-4-3-5-14(19)12-13/h3-9,12,17H,2,10-11H2,1H3,(H,20,21). The van der Waals surface area contributed by atoms with Crippen LogP contribution in [0.15, 0.2) is 48.5 Å². The van der Waals surface area contributed by atoms with Crippen LogP contribution in [0.2, 0.25) is 0 Å². The van der Waals surface area contributed by atoms with E-state index in [1.54, 1.807) is 30.3 Å². The third-order valence-electron chi connectivity index (χ3n) is 3.36. The van der Waals surface area contributed by atoms with Crippen LogP contribution in [0, 0.1) is 5.82 Å². The molecule has 0 heterocycles. The first-order valence-corrected chi connectivity index (χ1v) is 7.44. The second kappa shape index (κ2) is 8.17. The summed E-state index contributed by atoms with van der Waals surface area (Å²) < 4.78 is 24.1. The number of halogens is 1. The molecule has 0 saturated heterocycles. The number of carboxylic acid groups (broad SMARTS) is 1. The third-order valence-corrected chi connectivity index (χ3v) is 3.36. The predicted octanol–water partition coefficient (Wildman–Crippen LogP) is 3.86. The van der Waals surface area contributed by atoms with E-state index < -0.39 is 17.7 Å². The van der Waals surface area contributed by atoms with Gasteiger partial charge in [-0.1, -0.05) is 12.1 Å². The molecule has 0 saturated carbocycles. The molecule has 4 nitrogen and oxygen atoms in total. The van der Waals surface area contributed by atoms with Gasteiger partial charge in [0, 0.05) is 0 Å². The summed E-state index contributed by atoms with van der Waals surface area (Å²) >= 11 is 0. The first-order valence-electron chi connectivity index (χ1n) is 7.44. The third kappa shape index (κ3) is 4.98. The van der Waals surface area contributed by atoms with Gasteiger partial charge in [-0.05, 0) is 55.3 Å². The number of hydrogen-bond acceptors (Lipinski definition) is 3. The lowest BCUT2D eigenvalue weighted by Crippen LogP contribution is -2.15. The zero-order valence-electron chi connectivity index (χ0n) is 12.9. The van der Waals surface area contributed by atoms with Crippen LogP contribution in [0.3, 0.4) is 0 Å². The van der Waals surface area contributed by atoms with E-state index in [1.807, 2.05) is 6.92 Å². The molecule has 23 heavy (non-hydrogen) atoms. The van der Waals surface area contributed by atoms with E-state index in [1.165, 1.54) is 18.2 Å². The lowest BCUT2D eigenvalue weighted by Gasteiger charge is -2.14. The van der Waals surface area contributed by atoms with Crippen molar-refractivity contribution in [2.24, 2.45) is 0 Å². The van der Waals surface area contributed by atoms with E-state index in [-0.39, 0.29) is 13.0 Å². The number of carbonyl (C=O) groups is 1. The Labute approximate surface area is 134 Å². The highest BCUT2D eigenvalue weighted by Gasteiger charge is 2.20. The average molecular weight is 318 g/mol. The van der Waals surface area contributed by atoms with E-state index in [2.05, 4.69) is 0 Å². The Balaban J connectivity index is 1.93. The van der Waals surface area contributed by atoms with Crippen molar-refractivity contribution in [2.75, 3.05) is 13.2 Å². The summed E-state index contributed by atoms with van der Waals surface area (Å²) in [5, 5.41) is 9.32. The predicted molar refractivity (Wildman–Crippen MR) is 84.5 cm³/mol. The van der Waals surface area contributed by atoms with Crippen molar-refractivity contribution in [1.29, 1.82) is 0 Å². The van der Waals surface area contributed by atoms with E-state index in [0.717, 1.165) is 5.75 Å². The average Bonchev–Trinajstić information content (AvgIpc) is 2.53. The fourth-order valence-corrected chi connectivity index (χ4v) is 2.25. The fourth-order valence-electron chi connectivity index (χ4n) is 2.25. The first-order chi connectivity index (χ1) is 11.1. The fraction of sp³-hybridized carbons (Fsp3) is 0.278. The summed E-state index contributed by atoms with van der Waals surface area (Å²) in [4.78, 5) is 11.4. The Morgan fingerprint density at radius 2 is 1.78 bits per heavy atom. The molecule has 1 atom stereocenters. The van der Waals surface area contributed by atoms with E-state index >= 15 is 0 Å². The van der Waals surface area contributed by atoms with Crippen LogP contribution >= 0.6 is 0 Å². The van der Waals surface area contributed by atoms with Gasteiger partial charge in [-0.3, -0.25) is 4.79 Å². The van der Waals surface area contributed by atoms with Crippen LogP contribution in [-0.4, -0.2) is 24.3 Å². The minimum atomic E-state index is -0.995. The molecule has 0 aliphatic carbocycles. The zero-order valence-corrected chi connectivity index (χ0v) is 12.9. The van der Waals surface area contributed by atoms with Gasteiger partial charge in [-0.15, -0.1) is 0 Å². The Morgan fingerprint density at radius 1 is 1.13 bits per heavy atom. The molecule has 2 aromatic rings. The Kier molecular flexibility index (Phi) is 5.97. The number of carboxylic acids is 1. The molecule has 0 aromatic heterocycles. The molecule has 1 unspecified atom stereocenters. The van der Waals surface area contributed by atoms with Gasteiger partial charge in [-0.2, -0.15) is 0 Å². The van der Waals surface area contributed by atoms with Crippen molar-refractivity contribution in [3.8, 4) is 11.5 Å². The topological polar surface area (TPSA) is 55.8 Å². The number of benzene rings is 2. The van der Waals surface area contributed by atoms with E-state index in [4.69, 9.17) is 9.47 Å². The summed E-state index contributed by atoms with van der Waals surface area (Å²) in [5.74, 6) is -0.847. The Morgan fingerprint density at radius 3 is 2.35 bits per heavy atom. The highest BCUT2D eigenvalue weighted by atomic mass is 19.1. The highest BCUT2D eigenvalue weighted by Crippen LogP contribution is 2.22. The van der Waals surface area contributed by atoms with E-state index in [0.29, 0.717) is 17.9 Å². The van der Waals surface area contributed by atoms with Crippen LogP contribution in [0.25, 0.3) is 0 Å². The highest BCUT2D eigenvalue weighted by molar-refractivity contribution is 5.76. The number of rotatable bonds is 8. The SMILES string of the molecule is CCOc1ccc(OCCC(C(=O)O)c2cccc(F)c2)cc1. The maximum absolute atomic E-state index is 13.2. The second-order valence-corrected chi connectivity index (χ2v) is 4.99. The minimum Gasteiger partial charge on any atom is -0.494 e. The van der Waals surface area contributed by atoms with Crippen molar-refractivity contribution in [3.05, 3.63) is 59.9 Å². The number of hydrogen-bond donors (Lipinski definition) is 1. The van der Waals surface area contributed by atoms with Crippen LogP contribution in [-0.2, 0) is 4.79 Å². The quantitative estimate of drug-likeness (QED) is 0.803. The number of ether oxygens (including phenoxy) is 2. The largest absolute Gasteiger partial charge is 0.494 e. The smallest absolute Gasteiger partial charge is 0.311 e. The van der Waals surface area contributed by atoms with Gasteiger partial charge in [0.05, 0.1) is 19.1 Å². The maximum atomic E-state index is 13.2. The molecule has 0 amide bonds. The van der Waals surface area contributed by atoms with Gasteiger partial charge < -0.3 is 14.6 Å². The van der Waals surface area contributed by atoms with Gasteiger partial charge in [-0.25, -0.2) is 4.39 Å². The van der Waals surface area contributed by atoms with Gasteiger partial charge >= 0.3 is 5.97 Å². The van der Waals surface area contributed by atoms with Crippen molar-refractivity contribution in [3.63, 3.8) is 0 Å². The summed E-state index contributed by atoms with van der Waals surface area (Å²) in [6, 6.07) is 12.8. The summed E-state index contributed by atoms with van der Waals surface area (Å²) in [6.07, 6.45) is 0.256. The van der Waals surface area contributed by atoms with Crippen LogP contribution < -0.4 is 9.47 Å². The summed E-state index contributed by atoms with van der Waals surface area (Å²) in [5.41, 5.74) is 0.438. The van der Waals surface area contributed by atoms with E-state index in [9.17, 15) is 14.3 Å². The zero-order chi connectivity index (χ0) is 16.7. The Bertz CT molecular complexity index is 640. The molecule has 1 N–H and O–H groups in total. The lowest BCUT2D eigenvalue weighted by atomic mass is 9.96. The molecule has 2 aromatic carbocycles. The number of aliphatic carboxylic acids is 1. The molecular formula is C18H19FO4. The summed E-state index contributed by atoms with van der Waals surface area (Å²) in [7, 11) is 0. The molecule has 5 heteroatoms. The second-order valence-electron chi connectivity index (χ2n) is 4.99. The molecule has 0 bridgehead atoms. The van der Waals surface area contributed by atoms with Crippen LogP contribution in [0.4, 0.5) is 4.39 Å². The van der Waals surface area contributed by atoms with Gasteiger partial charge in [0.2, 0.25) is 0 Å². The summed E-state index contributed by atoms with van der Waals surface area (Å²) in [6.45, 7) is 2.72. The molecule has 0 aliphatic heterocycles. The molecule has 0 fully saturated rings. The first kappa shape index (κ1) is 16.8. The van der Waals surface area contributed by atoms with Crippen LogP contribution in [0.1, 0.15) is 24.8 Å². The van der Waals surface area contributed by atoms with Crippen molar-refractivity contribution in [2.45, 2.75) is 19.3 Å². The maximum Gasteiger partial charge on any atom is 0.311 e.